The summed E-state index contributed by atoms with van der Waals surface area (Å²) >= 11 is 0. The van der Waals surface area contributed by atoms with Crippen LogP contribution in [0.25, 0.3) is 0 Å². The van der Waals surface area contributed by atoms with Crippen molar-refractivity contribution in [3.8, 4) is 0 Å². The highest BCUT2D eigenvalue weighted by atomic mass is 16.2. The van der Waals surface area contributed by atoms with E-state index in [1.54, 1.807) is 11.1 Å². The van der Waals surface area contributed by atoms with E-state index >= 15 is 0 Å². The van der Waals surface area contributed by atoms with Crippen LogP contribution in [0.5, 0.6) is 0 Å². The summed E-state index contributed by atoms with van der Waals surface area (Å²) in [5.74, 6) is -0.275. The third-order valence-electron chi connectivity index (χ3n) is 2.96. The van der Waals surface area contributed by atoms with E-state index in [0.29, 0.717) is 18.7 Å². The number of anilines is 1. The summed E-state index contributed by atoms with van der Waals surface area (Å²) in [6.45, 7) is 5.72. The maximum atomic E-state index is 12.4. The fourth-order valence-corrected chi connectivity index (χ4v) is 2.05. The molecule has 0 radical (unpaired) electrons. The van der Waals surface area contributed by atoms with Gasteiger partial charge < -0.3 is 15.5 Å². The third-order valence-corrected chi connectivity index (χ3v) is 2.96. The van der Waals surface area contributed by atoms with E-state index in [0.717, 1.165) is 17.9 Å². The summed E-state index contributed by atoms with van der Waals surface area (Å²) in [4.78, 5) is 29.5. The molecular formula is C13H18N4O2. The molecule has 1 aromatic rings. The topological polar surface area (TPSA) is 74.3 Å². The number of aromatic nitrogens is 1. The van der Waals surface area contributed by atoms with Gasteiger partial charge in [0.05, 0.1) is 17.8 Å². The van der Waals surface area contributed by atoms with Crippen molar-refractivity contribution >= 4 is 17.5 Å². The zero-order chi connectivity index (χ0) is 13.8. The van der Waals surface area contributed by atoms with E-state index in [1.165, 1.54) is 0 Å². The molecule has 0 aromatic carbocycles. The minimum atomic E-state index is -0.154. The van der Waals surface area contributed by atoms with Crippen LogP contribution in [0.4, 0.5) is 5.69 Å². The number of aryl methyl sites for hydroxylation is 1. The van der Waals surface area contributed by atoms with Crippen molar-refractivity contribution in [3.05, 3.63) is 23.5 Å². The molecule has 1 fully saturated rings. The highest BCUT2D eigenvalue weighted by Gasteiger charge is 2.24. The van der Waals surface area contributed by atoms with Crippen LogP contribution in [0.1, 0.15) is 23.0 Å². The molecule has 0 aliphatic carbocycles. The van der Waals surface area contributed by atoms with Crippen molar-refractivity contribution in [1.29, 1.82) is 0 Å². The molecule has 6 nitrogen and oxygen atoms in total. The Morgan fingerprint density at radius 1 is 1.58 bits per heavy atom. The Hall–Kier alpha value is -2.11. The molecule has 0 saturated carbocycles. The Balaban J connectivity index is 2.24. The number of amides is 2. The molecule has 2 N–H and O–H groups in total. The van der Waals surface area contributed by atoms with Crippen LogP contribution >= 0.6 is 0 Å². The normalized spacial score (nSPS) is 15.1. The molecule has 19 heavy (non-hydrogen) atoms. The van der Waals surface area contributed by atoms with Gasteiger partial charge in [0.25, 0.3) is 5.91 Å². The first-order chi connectivity index (χ1) is 9.11. The van der Waals surface area contributed by atoms with Crippen LogP contribution in [0, 0.1) is 6.92 Å². The van der Waals surface area contributed by atoms with Gasteiger partial charge >= 0.3 is 0 Å². The molecule has 2 amide bonds. The van der Waals surface area contributed by atoms with Gasteiger partial charge in [-0.15, -0.1) is 0 Å². The fraction of sp³-hybridized carbons (Fsp3) is 0.462. The second-order valence-electron chi connectivity index (χ2n) is 4.48. The molecule has 0 spiro atoms. The first kappa shape index (κ1) is 13.3. The second kappa shape index (κ2) is 5.69. The zero-order valence-corrected chi connectivity index (χ0v) is 11.2. The predicted octanol–water partition coefficient (Wildman–Crippen LogP) is 0.394. The summed E-state index contributed by atoms with van der Waals surface area (Å²) in [5.41, 5.74) is 2.14. The van der Waals surface area contributed by atoms with Crippen LogP contribution < -0.4 is 10.6 Å². The predicted molar refractivity (Wildman–Crippen MR) is 72.1 cm³/mol. The van der Waals surface area contributed by atoms with E-state index in [4.69, 9.17) is 0 Å². The number of nitrogens with zero attached hydrogens (tertiary/aromatic N) is 2. The van der Waals surface area contributed by atoms with Crippen molar-refractivity contribution in [2.24, 2.45) is 0 Å². The second-order valence-corrected chi connectivity index (χ2v) is 4.48. The number of carbonyl (C=O) groups excluding carboxylic acids is 2. The van der Waals surface area contributed by atoms with Crippen LogP contribution in [0.3, 0.4) is 0 Å². The Labute approximate surface area is 112 Å². The average molecular weight is 262 g/mol. The molecule has 1 aliphatic rings. The molecule has 2 rings (SSSR count). The molecule has 6 heteroatoms. The molecule has 1 saturated heterocycles. The van der Waals surface area contributed by atoms with E-state index in [2.05, 4.69) is 15.6 Å². The minimum Gasteiger partial charge on any atom is -0.385 e. The Kier molecular flexibility index (Phi) is 3.99. The molecule has 102 valence electrons. The first-order valence-electron chi connectivity index (χ1n) is 6.38. The first-order valence-corrected chi connectivity index (χ1v) is 6.38. The summed E-state index contributed by atoms with van der Waals surface area (Å²) in [5, 5.41) is 5.86. The Bertz CT molecular complexity index is 501. The van der Waals surface area contributed by atoms with Gasteiger partial charge in [0.2, 0.25) is 5.91 Å². The van der Waals surface area contributed by atoms with Crippen molar-refractivity contribution in [1.82, 2.24) is 15.2 Å². The van der Waals surface area contributed by atoms with E-state index < -0.39 is 0 Å². The molecule has 0 unspecified atom stereocenters. The third kappa shape index (κ3) is 3.01. The highest BCUT2D eigenvalue weighted by Crippen LogP contribution is 2.18. The smallest absolute Gasteiger partial charge is 0.258 e. The SMILES string of the molecule is CCNc1cc(C)ncc1C(=O)N1CCNC(=O)C1. The standard InChI is InChI=1S/C13H18N4O2/c1-3-14-11-6-9(2)16-7-10(11)13(19)17-5-4-15-12(18)8-17/h6-7H,3-5,8H2,1-2H3,(H,14,16)(H,15,18). The average Bonchev–Trinajstić information content (AvgIpc) is 2.39. The van der Waals surface area contributed by atoms with Gasteiger partial charge in [0.15, 0.2) is 0 Å². The Morgan fingerprint density at radius 3 is 3.05 bits per heavy atom. The summed E-state index contributed by atoms with van der Waals surface area (Å²) in [6, 6.07) is 1.85. The lowest BCUT2D eigenvalue weighted by Crippen LogP contribution is -2.50. The zero-order valence-electron chi connectivity index (χ0n) is 11.2. The van der Waals surface area contributed by atoms with Crippen molar-refractivity contribution in [2.75, 3.05) is 31.5 Å². The van der Waals surface area contributed by atoms with Gasteiger partial charge in [0, 0.05) is 31.5 Å². The molecule has 1 aromatic heterocycles. The number of hydrogen-bond donors (Lipinski definition) is 2. The number of carbonyl (C=O) groups is 2. The minimum absolute atomic E-state index is 0.109. The molecule has 1 aliphatic heterocycles. The maximum absolute atomic E-state index is 12.4. The van der Waals surface area contributed by atoms with Crippen LogP contribution in [-0.2, 0) is 4.79 Å². The highest BCUT2D eigenvalue weighted by molar-refractivity contribution is 6.01. The van der Waals surface area contributed by atoms with E-state index in [-0.39, 0.29) is 18.4 Å². The van der Waals surface area contributed by atoms with Gasteiger partial charge in [-0.2, -0.15) is 0 Å². The van der Waals surface area contributed by atoms with Crippen LogP contribution in [-0.4, -0.2) is 47.9 Å². The summed E-state index contributed by atoms with van der Waals surface area (Å²) in [7, 11) is 0. The van der Waals surface area contributed by atoms with E-state index in [1.807, 2.05) is 19.9 Å². The number of rotatable bonds is 3. The van der Waals surface area contributed by atoms with Gasteiger partial charge in [-0.05, 0) is 19.9 Å². The fourth-order valence-electron chi connectivity index (χ4n) is 2.05. The van der Waals surface area contributed by atoms with Crippen LogP contribution in [0.2, 0.25) is 0 Å². The lowest BCUT2D eigenvalue weighted by atomic mass is 10.1. The Morgan fingerprint density at radius 2 is 2.37 bits per heavy atom. The van der Waals surface area contributed by atoms with Crippen LogP contribution in [0.15, 0.2) is 12.3 Å². The largest absolute Gasteiger partial charge is 0.385 e. The molecule has 0 bridgehead atoms. The summed E-state index contributed by atoms with van der Waals surface area (Å²) < 4.78 is 0. The molecule has 2 heterocycles. The molecule has 0 atom stereocenters. The monoisotopic (exact) mass is 262 g/mol. The molecular weight excluding hydrogens is 244 g/mol. The quantitative estimate of drug-likeness (QED) is 0.826. The lowest BCUT2D eigenvalue weighted by molar-refractivity contribution is -0.123. The summed E-state index contributed by atoms with van der Waals surface area (Å²) in [6.07, 6.45) is 1.57. The van der Waals surface area contributed by atoms with E-state index in [9.17, 15) is 9.59 Å². The number of hydrogen-bond acceptors (Lipinski definition) is 4. The maximum Gasteiger partial charge on any atom is 0.258 e. The number of nitrogens with one attached hydrogen (secondary N) is 2. The number of piperazine rings is 1. The van der Waals surface area contributed by atoms with Gasteiger partial charge in [-0.1, -0.05) is 0 Å². The van der Waals surface area contributed by atoms with Crippen molar-refractivity contribution < 1.29 is 9.59 Å². The van der Waals surface area contributed by atoms with Gasteiger partial charge in [0.1, 0.15) is 0 Å². The van der Waals surface area contributed by atoms with Crippen molar-refractivity contribution in [3.63, 3.8) is 0 Å². The van der Waals surface area contributed by atoms with Gasteiger partial charge in [-0.25, -0.2) is 0 Å². The lowest BCUT2D eigenvalue weighted by Gasteiger charge is -2.27. The van der Waals surface area contributed by atoms with Gasteiger partial charge in [-0.3, -0.25) is 14.6 Å². The van der Waals surface area contributed by atoms with Crippen molar-refractivity contribution in [2.45, 2.75) is 13.8 Å². The number of pyridine rings is 1.